The van der Waals surface area contributed by atoms with Gasteiger partial charge in [0.1, 0.15) is 25.4 Å². The molecule has 1 atom stereocenters. The molecular formula is C12H20NO2+. The van der Waals surface area contributed by atoms with Crippen LogP contribution in [0.4, 0.5) is 0 Å². The van der Waals surface area contributed by atoms with Crippen molar-refractivity contribution < 1.29 is 15.2 Å². The molecule has 0 amide bonds. The fraction of sp³-hybridized carbons (Fsp3) is 0.500. The molecule has 15 heavy (non-hydrogen) atoms. The zero-order chi connectivity index (χ0) is 11.1. The maximum atomic E-state index is 9.04. The fourth-order valence-electron chi connectivity index (χ4n) is 1.33. The van der Waals surface area contributed by atoms with Gasteiger partial charge >= 0.3 is 0 Å². The average molecular weight is 210 g/mol. The van der Waals surface area contributed by atoms with Crippen molar-refractivity contribution >= 4 is 0 Å². The number of aliphatic hydroxyl groups is 1. The lowest BCUT2D eigenvalue weighted by molar-refractivity contribution is -0.661. The van der Waals surface area contributed by atoms with Crippen LogP contribution in [0.5, 0.6) is 5.75 Å². The maximum Gasteiger partial charge on any atom is 0.137 e. The van der Waals surface area contributed by atoms with E-state index in [-0.39, 0.29) is 6.10 Å². The number of aryl methyl sites for hydroxylation is 1. The minimum atomic E-state index is -0.247. The summed E-state index contributed by atoms with van der Waals surface area (Å²) in [5.74, 6) is 0.947. The van der Waals surface area contributed by atoms with Crippen LogP contribution in [0.1, 0.15) is 12.5 Å². The molecule has 0 unspecified atom stereocenters. The van der Waals surface area contributed by atoms with Crippen molar-refractivity contribution in [2.75, 3.05) is 19.7 Å². The summed E-state index contributed by atoms with van der Waals surface area (Å²) < 4.78 is 5.61. The summed E-state index contributed by atoms with van der Waals surface area (Å²) in [6.07, 6.45) is -0.247. The third kappa shape index (κ3) is 4.81. The lowest BCUT2D eigenvalue weighted by Crippen LogP contribution is -2.87. The van der Waals surface area contributed by atoms with Crippen molar-refractivity contribution in [1.29, 1.82) is 0 Å². The van der Waals surface area contributed by atoms with E-state index in [1.165, 1.54) is 0 Å². The predicted octanol–water partition coefficient (Wildman–Crippen LogP) is 0.318. The van der Waals surface area contributed by atoms with Gasteiger partial charge in [0.25, 0.3) is 0 Å². The Hall–Kier alpha value is -1.06. The minimum Gasteiger partial charge on any atom is -0.487 e. The highest BCUT2D eigenvalue weighted by atomic mass is 16.5. The molecule has 0 bridgehead atoms. The number of quaternary nitrogens is 1. The van der Waals surface area contributed by atoms with E-state index in [2.05, 4.69) is 5.32 Å². The van der Waals surface area contributed by atoms with E-state index in [1.54, 1.807) is 6.92 Å². The molecule has 0 aliphatic heterocycles. The zero-order valence-corrected chi connectivity index (χ0v) is 9.44. The van der Waals surface area contributed by atoms with Crippen molar-refractivity contribution in [3.05, 3.63) is 29.8 Å². The van der Waals surface area contributed by atoms with Gasteiger partial charge in [-0.15, -0.1) is 0 Å². The highest BCUT2D eigenvalue weighted by Gasteiger charge is 1.99. The normalized spacial score (nSPS) is 12.5. The van der Waals surface area contributed by atoms with Crippen LogP contribution in [0.2, 0.25) is 0 Å². The summed E-state index contributed by atoms with van der Waals surface area (Å²) in [5.41, 5.74) is 1.16. The van der Waals surface area contributed by atoms with Crippen molar-refractivity contribution in [1.82, 2.24) is 0 Å². The second-order valence-corrected chi connectivity index (χ2v) is 3.78. The largest absolute Gasteiger partial charge is 0.487 e. The first-order valence-corrected chi connectivity index (χ1v) is 5.38. The smallest absolute Gasteiger partial charge is 0.137 e. The number of nitrogens with two attached hydrogens (primary N) is 1. The van der Waals surface area contributed by atoms with Crippen LogP contribution in [0.15, 0.2) is 24.3 Å². The Morgan fingerprint density at radius 2 is 2.13 bits per heavy atom. The third-order valence-electron chi connectivity index (χ3n) is 2.18. The second kappa shape index (κ2) is 6.43. The quantitative estimate of drug-likeness (QED) is 0.664. The summed E-state index contributed by atoms with van der Waals surface area (Å²) in [6.45, 7) is 6.11. The van der Waals surface area contributed by atoms with Gasteiger partial charge in [0.2, 0.25) is 0 Å². The molecule has 3 nitrogen and oxygen atoms in total. The summed E-state index contributed by atoms with van der Waals surface area (Å²) in [5, 5.41) is 11.1. The maximum absolute atomic E-state index is 9.04. The number of ether oxygens (including phenoxy) is 1. The fourth-order valence-corrected chi connectivity index (χ4v) is 1.33. The van der Waals surface area contributed by atoms with Crippen LogP contribution in [0.3, 0.4) is 0 Å². The molecule has 84 valence electrons. The van der Waals surface area contributed by atoms with Gasteiger partial charge in [-0.1, -0.05) is 18.2 Å². The molecule has 0 fully saturated rings. The average Bonchev–Trinajstić information content (AvgIpc) is 2.20. The molecule has 0 heterocycles. The molecule has 3 N–H and O–H groups in total. The van der Waals surface area contributed by atoms with E-state index in [0.717, 1.165) is 24.4 Å². The monoisotopic (exact) mass is 210 g/mol. The Balaban J connectivity index is 2.18. The molecule has 3 heteroatoms. The Morgan fingerprint density at radius 1 is 1.40 bits per heavy atom. The SMILES string of the molecule is Cc1ccccc1OCC[NH2+]C[C@H](C)O. The van der Waals surface area contributed by atoms with Crippen LogP contribution < -0.4 is 10.1 Å². The first-order chi connectivity index (χ1) is 7.20. The van der Waals surface area contributed by atoms with E-state index in [0.29, 0.717) is 6.61 Å². The molecule has 0 aromatic heterocycles. The van der Waals surface area contributed by atoms with Gasteiger partial charge in [-0.2, -0.15) is 0 Å². The summed E-state index contributed by atoms with van der Waals surface area (Å²) >= 11 is 0. The van der Waals surface area contributed by atoms with Crippen LogP contribution in [0, 0.1) is 6.92 Å². The van der Waals surface area contributed by atoms with Crippen molar-refractivity contribution in [3.63, 3.8) is 0 Å². The van der Waals surface area contributed by atoms with E-state index < -0.39 is 0 Å². The number of para-hydroxylation sites is 1. The first kappa shape index (κ1) is 12.0. The number of hydrogen-bond acceptors (Lipinski definition) is 2. The highest BCUT2D eigenvalue weighted by molar-refractivity contribution is 5.31. The molecule has 0 spiro atoms. The van der Waals surface area contributed by atoms with E-state index >= 15 is 0 Å². The van der Waals surface area contributed by atoms with Gasteiger partial charge in [0.15, 0.2) is 0 Å². The lowest BCUT2D eigenvalue weighted by Gasteiger charge is -2.08. The van der Waals surface area contributed by atoms with E-state index in [9.17, 15) is 0 Å². The topological polar surface area (TPSA) is 46.1 Å². The number of rotatable bonds is 6. The van der Waals surface area contributed by atoms with Gasteiger partial charge in [-0.05, 0) is 25.5 Å². The first-order valence-electron chi connectivity index (χ1n) is 5.38. The third-order valence-corrected chi connectivity index (χ3v) is 2.18. The number of benzene rings is 1. The van der Waals surface area contributed by atoms with Crippen LogP contribution in [-0.4, -0.2) is 30.9 Å². The van der Waals surface area contributed by atoms with Gasteiger partial charge in [-0.25, -0.2) is 0 Å². The van der Waals surface area contributed by atoms with Crippen LogP contribution in [-0.2, 0) is 0 Å². The second-order valence-electron chi connectivity index (χ2n) is 3.78. The van der Waals surface area contributed by atoms with Gasteiger partial charge < -0.3 is 15.2 Å². The van der Waals surface area contributed by atoms with Gasteiger partial charge in [0, 0.05) is 0 Å². The van der Waals surface area contributed by atoms with Crippen molar-refractivity contribution in [3.8, 4) is 5.75 Å². The molecule has 0 aliphatic carbocycles. The van der Waals surface area contributed by atoms with Crippen molar-refractivity contribution in [2.24, 2.45) is 0 Å². The lowest BCUT2D eigenvalue weighted by atomic mass is 10.2. The Bertz CT molecular complexity index is 287. The van der Waals surface area contributed by atoms with Gasteiger partial charge in [-0.3, -0.25) is 0 Å². The van der Waals surface area contributed by atoms with E-state index in [4.69, 9.17) is 9.84 Å². The standard InChI is InChI=1S/C12H19NO2/c1-10-5-3-4-6-12(10)15-8-7-13-9-11(2)14/h3-6,11,13-14H,7-9H2,1-2H3/p+1/t11-/m0/s1. The molecule has 0 saturated carbocycles. The van der Waals surface area contributed by atoms with Crippen LogP contribution >= 0.6 is 0 Å². The molecule has 0 saturated heterocycles. The summed E-state index contributed by atoms with van der Waals surface area (Å²) in [4.78, 5) is 0. The van der Waals surface area contributed by atoms with E-state index in [1.807, 2.05) is 31.2 Å². The number of hydrogen-bond donors (Lipinski definition) is 2. The Morgan fingerprint density at radius 3 is 2.80 bits per heavy atom. The molecular weight excluding hydrogens is 190 g/mol. The summed E-state index contributed by atoms with van der Waals surface area (Å²) in [7, 11) is 0. The Kier molecular flexibility index (Phi) is 5.15. The minimum absolute atomic E-state index is 0.247. The highest BCUT2D eigenvalue weighted by Crippen LogP contribution is 2.15. The van der Waals surface area contributed by atoms with Crippen molar-refractivity contribution in [2.45, 2.75) is 20.0 Å². The Labute approximate surface area is 91.1 Å². The summed E-state index contributed by atoms with van der Waals surface area (Å²) in [6, 6.07) is 7.99. The molecule has 1 aromatic carbocycles. The van der Waals surface area contributed by atoms with Crippen LogP contribution in [0.25, 0.3) is 0 Å². The predicted molar refractivity (Wildman–Crippen MR) is 60.0 cm³/mol. The van der Waals surface area contributed by atoms with Gasteiger partial charge in [0.05, 0.1) is 6.10 Å². The molecule has 1 aromatic rings. The molecule has 0 radical (unpaired) electrons. The molecule has 1 rings (SSSR count). The zero-order valence-electron chi connectivity index (χ0n) is 9.44. The molecule has 0 aliphatic rings. The number of aliphatic hydroxyl groups excluding tert-OH is 1.